The molecular weight excluding hydrogens is 332 g/mol. The number of amides is 2. The van der Waals surface area contributed by atoms with Crippen LogP contribution in [-0.2, 0) is 11.3 Å². The molecule has 1 aliphatic rings. The fraction of sp³-hybridized carbons (Fsp3) is 0.300. The molecule has 6 heteroatoms. The number of nitrogens with one attached hydrogen (secondary N) is 2. The van der Waals surface area contributed by atoms with Crippen molar-refractivity contribution in [2.75, 3.05) is 19.5 Å². The smallest absolute Gasteiger partial charge is 0.251 e. The second kappa shape index (κ2) is 7.91. The number of rotatable bonds is 7. The van der Waals surface area contributed by atoms with Crippen molar-refractivity contribution < 1.29 is 19.1 Å². The number of ether oxygens (including phenoxy) is 2. The first-order valence-corrected chi connectivity index (χ1v) is 8.50. The molecule has 0 bridgehead atoms. The minimum Gasteiger partial charge on any atom is -0.497 e. The van der Waals surface area contributed by atoms with Crippen LogP contribution in [0.15, 0.2) is 42.5 Å². The zero-order chi connectivity index (χ0) is 18.5. The second-order valence-electron chi connectivity index (χ2n) is 6.20. The lowest BCUT2D eigenvalue weighted by Crippen LogP contribution is -2.23. The van der Waals surface area contributed by atoms with Crippen LogP contribution >= 0.6 is 0 Å². The fourth-order valence-corrected chi connectivity index (χ4v) is 2.57. The third-order valence-electron chi connectivity index (χ3n) is 4.30. The molecule has 2 amide bonds. The first kappa shape index (κ1) is 17.8. The third-order valence-corrected chi connectivity index (χ3v) is 4.30. The fourth-order valence-electron chi connectivity index (χ4n) is 2.57. The first-order chi connectivity index (χ1) is 12.6. The van der Waals surface area contributed by atoms with Gasteiger partial charge < -0.3 is 20.1 Å². The Kier molecular flexibility index (Phi) is 5.41. The average Bonchev–Trinajstić information content (AvgIpc) is 3.52. The lowest BCUT2D eigenvalue weighted by Gasteiger charge is -2.11. The van der Waals surface area contributed by atoms with E-state index in [1.807, 2.05) is 12.1 Å². The molecule has 0 spiro atoms. The Bertz CT molecular complexity index is 798. The molecule has 136 valence electrons. The van der Waals surface area contributed by atoms with Crippen LogP contribution in [0.3, 0.4) is 0 Å². The summed E-state index contributed by atoms with van der Waals surface area (Å²) in [7, 11) is 3.17. The number of carbonyl (C=O) groups is 2. The van der Waals surface area contributed by atoms with Crippen molar-refractivity contribution in [2.24, 2.45) is 5.92 Å². The SMILES string of the molecule is COc1ccc(CNC(=O)c2ccc(NC(=O)C3CC3)cc2)c(OC)c1. The largest absolute Gasteiger partial charge is 0.497 e. The maximum atomic E-state index is 12.3. The van der Waals surface area contributed by atoms with Crippen LogP contribution in [0.5, 0.6) is 11.5 Å². The summed E-state index contributed by atoms with van der Waals surface area (Å²) in [4.78, 5) is 24.1. The van der Waals surface area contributed by atoms with Crippen molar-refractivity contribution in [1.29, 1.82) is 0 Å². The van der Waals surface area contributed by atoms with E-state index in [-0.39, 0.29) is 17.7 Å². The lowest BCUT2D eigenvalue weighted by molar-refractivity contribution is -0.117. The first-order valence-electron chi connectivity index (χ1n) is 8.50. The molecule has 1 saturated carbocycles. The van der Waals surface area contributed by atoms with E-state index in [1.54, 1.807) is 44.6 Å². The molecule has 0 radical (unpaired) electrons. The molecule has 0 atom stereocenters. The highest BCUT2D eigenvalue weighted by atomic mass is 16.5. The minimum absolute atomic E-state index is 0.0498. The Hall–Kier alpha value is -3.02. The highest BCUT2D eigenvalue weighted by Gasteiger charge is 2.29. The molecule has 2 N–H and O–H groups in total. The molecule has 26 heavy (non-hydrogen) atoms. The van der Waals surface area contributed by atoms with Gasteiger partial charge in [0.2, 0.25) is 5.91 Å². The Labute approximate surface area is 152 Å². The number of carbonyl (C=O) groups excluding carboxylic acids is 2. The Balaban J connectivity index is 1.58. The van der Waals surface area contributed by atoms with Crippen LogP contribution in [0.4, 0.5) is 5.69 Å². The van der Waals surface area contributed by atoms with E-state index in [9.17, 15) is 9.59 Å². The van der Waals surface area contributed by atoms with E-state index in [4.69, 9.17) is 9.47 Å². The number of anilines is 1. The third kappa shape index (κ3) is 4.33. The summed E-state index contributed by atoms with van der Waals surface area (Å²) < 4.78 is 10.5. The van der Waals surface area contributed by atoms with Gasteiger partial charge in [0.1, 0.15) is 11.5 Å². The van der Waals surface area contributed by atoms with Crippen LogP contribution in [-0.4, -0.2) is 26.0 Å². The molecule has 2 aromatic rings. The van der Waals surface area contributed by atoms with Gasteiger partial charge in [0, 0.05) is 35.3 Å². The molecule has 2 aromatic carbocycles. The average molecular weight is 354 g/mol. The Morgan fingerprint density at radius 1 is 1.04 bits per heavy atom. The highest BCUT2D eigenvalue weighted by molar-refractivity contribution is 5.96. The molecule has 1 aliphatic carbocycles. The molecule has 1 fully saturated rings. The number of benzene rings is 2. The molecule has 0 unspecified atom stereocenters. The van der Waals surface area contributed by atoms with Crippen LogP contribution in [0, 0.1) is 5.92 Å². The Morgan fingerprint density at radius 3 is 2.38 bits per heavy atom. The predicted molar refractivity (Wildman–Crippen MR) is 98.5 cm³/mol. The molecule has 6 nitrogen and oxygen atoms in total. The summed E-state index contributed by atoms with van der Waals surface area (Å²) in [5.74, 6) is 1.36. The summed E-state index contributed by atoms with van der Waals surface area (Å²) in [5, 5.41) is 5.72. The zero-order valence-corrected chi connectivity index (χ0v) is 14.9. The predicted octanol–water partition coefficient (Wildman–Crippen LogP) is 2.98. The van der Waals surface area contributed by atoms with Gasteiger partial charge in [-0.05, 0) is 49.2 Å². The lowest BCUT2D eigenvalue weighted by atomic mass is 10.1. The van der Waals surface area contributed by atoms with Crippen LogP contribution < -0.4 is 20.1 Å². The zero-order valence-electron chi connectivity index (χ0n) is 14.9. The van der Waals surface area contributed by atoms with Gasteiger partial charge in [0.25, 0.3) is 5.91 Å². The summed E-state index contributed by atoms with van der Waals surface area (Å²) in [5.41, 5.74) is 2.09. The van der Waals surface area contributed by atoms with Gasteiger partial charge in [-0.2, -0.15) is 0 Å². The van der Waals surface area contributed by atoms with Crippen molar-refractivity contribution in [3.05, 3.63) is 53.6 Å². The second-order valence-corrected chi connectivity index (χ2v) is 6.20. The van der Waals surface area contributed by atoms with Crippen LogP contribution in [0.2, 0.25) is 0 Å². The number of hydrogen-bond acceptors (Lipinski definition) is 4. The summed E-state index contributed by atoms with van der Waals surface area (Å²) in [6, 6.07) is 12.3. The molecule has 0 aromatic heterocycles. The number of hydrogen-bond donors (Lipinski definition) is 2. The van der Waals surface area contributed by atoms with Gasteiger partial charge in [-0.15, -0.1) is 0 Å². The monoisotopic (exact) mass is 354 g/mol. The molecule has 0 heterocycles. The summed E-state index contributed by atoms with van der Waals surface area (Å²) in [6.07, 6.45) is 1.92. The maximum Gasteiger partial charge on any atom is 0.251 e. The van der Waals surface area contributed by atoms with Gasteiger partial charge in [0.15, 0.2) is 0 Å². The topological polar surface area (TPSA) is 76.7 Å². The molecular formula is C20H22N2O4. The van der Waals surface area contributed by atoms with Gasteiger partial charge in [-0.3, -0.25) is 9.59 Å². The van der Waals surface area contributed by atoms with Gasteiger partial charge in [0.05, 0.1) is 14.2 Å². The van der Waals surface area contributed by atoms with Gasteiger partial charge in [-0.1, -0.05) is 0 Å². The quantitative estimate of drug-likeness (QED) is 0.801. The summed E-state index contributed by atoms with van der Waals surface area (Å²) in [6.45, 7) is 0.339. The van der Waals surface area contributed by atoms with Crippen LogP contribution in [0.1, 0.15) is 28.8 Å². The molecule has 3 rings (SSSR count). The van der Waals surface area contributed by atoms with E-state index >= 15 is 0 Å². The van der Waals surface area contributed by atoms with E-state index in [0.717, 1.165) is 18.4 Å². The molecule has 0 saturated heterocycles. The standard InChI is InChI=1S/C20H22N2O4/c1-25-17-10-7-15(18(11-17)26-2)12-21-19(23)13-5-8-16(9-6-13)22-20(24)14-3-4-14/h5-11,14H,3-4,12H2,1-2H3,(H,21,23)(H,22,24). The molecule has 0 aliphatic heterocycles. The minimum atomic E-state index is -0.192. The van der Waals surface area contributed by atoms with Crippen molar-refractivity contribution >= 4 is 17.5 Å². The van der Waals surface area contributed by atoms with Crippen molar-refractivity contribution in [3.63, 3.8) is 0 Å². The highest BCUT2D eigenvalue weighted by Crippen LogP contribution is 2.30. The van der Waals surface area contributed by atoms with Crippen LogP contribution in [0.25, 0.3) is 0 Å². The Morgan fingerprint density at radius 2 is 1.77 bits per heavy atom. The number of methoxy groups -OCH3 is 2. The van der Waals surface area contributed by atoms with E-state index in [1.165, 1.54) is 0 Å². The van der Waals surface area contributed by atoms with Crippen molar-refractivity contribution in [1.82, 2.24) is 5.32 Å². The van der Waals surface area contributed by atoms with E-state index < -0.39 is 0 Å². The van der Waals surface area contributed by atoms with Crippen molar-refractivity contribution in [3.8, 4) is 11.5 Å². The van der Waals surface area contributed by atoms with Gasteiger partial charge >= 0.3 is 0 Å². The van der Waals surface area contributed by atoms with Crippen molar-refractivity contribution in [2.45, 2.75) is 19.4 Å². The summed E-state index contributed by atoms with van der Waals surface area (Å²) >= 11 is 0. The maximum absolute atomic E-state index is 12.3. The van der Waals surface area contributed by atoms with E-state index in [2.05, 4.69) is 10.6 Å². The van der Waals surface area contributed by atoms with E-state index in [0.29, 0.717) is 29.3 Å². The normalized spacial score (nSPS) is 13.0. The van der Waals surface area contributed by atoms with Gasteiger partial charge in [-0.25, -0.2) is 0 Å².